The minimum absolute atomic E-state index is 0.0229. The SMILES string of the molecule is COc1cc(C(=O)C2CC3COCC(C2)N3)ccc1F. The van der Waals surface area contributed by atoms with Gasteiger partial charge in [0.1, 0.15) is 0 Å². The van der Waals surface area contributed by atoms with Crippen molar-refractivity contribution in [3.8, 4) is 5.75 Å². The molecule has 108 valence electrons. The smallest absolute Gasteiger partial charge is 0.166 e. The average Bonchev–Trinajstić information content (AvgIpc) is 2.46. The largest absolute Gasteiger partial charge is 0.494 e. The van der Waals surface area contributed by atoms with Crippen LogP contribution in [0.2, 0.25) is 0 Å². The first-order chi connectivity index (χ1) is 9.67. The van der Waals surface area contributed by atoms with Crippen LogP contribution in [0.25, 0.3) is 0 Å². The highest BCUT2D eigenvalue weighted by Crippen LogP contribution is 2.28. The Morgan fingerprint density at radius 2 is 2.05 bits per heavy atom. The molecule has 2 atom stereocenters. The van der Waals surface area contributed by atoms with E-state index < -0.39 is 5.82 Å². The highest BCUT2D eigenvalue weighted by molar-refractivity contribution is 5.98. The number of ketones is 1. The predicted molar refractivity (Wildman–Crippen MR) is 71.5 cm³/mol. The molecule has 1 aromatic carbocycles. The van der Waals surface area contributed by atoms with E-state index in [9.17, 15) is 9.18 Å². The van der Waals surface area contributed by atoms with Gasteiger partial charge in [-0.15, -0.1) is 0 Å². The maximum absolute atomic E-state index is 13.4. The number of halogens is 1. The number of carbonyl (C=O) groups excluding carboxylic acids is 1. The van der Waals surface area contributed by atoms with E-state index in [2.05, 4.69) is 5.32 Å². The summed E-state index contributed by atoms with van der Waals surface area (Å²) in [7, 11) is 1.40. The molecule has 2 aliphatic heterocycles. The maximum atomic E-state index is 13.4. The molecule has 20 heavy (non-hydrogen) atoms. The number of hydrogen-bond donors (Lipinski definition) is 1. The second-order valence-corrected chi connectivity index (χ2v) is 5.48. The molecule has 2 saturated heterocycles. The van der Waals surface area contributed by atoms with Crippen LogP contribution in [0, 0.1) is 11.7 Å². The quantitative estimate of drug-likeness (QED) is 0.857. The zero-order valence-corrected chi connectivity index (χ0v) is 11.4. The standard InChI is InChI=1S/C15H18FNO3/c1-19-14-6-9(2-3-13(14)16)15(18)10-4-11-7-20-8-12(5-10)17-11/h2-3,6,10-12,17H,4-5,7-8H2,1H3. The monoisotopic (exact) mass is 279 g/mol. The molecular weight excluding hydrogens is 261 g/mol. The number of fused-ring (bicyclic) bond motifs is 2. The molecule has 2 heterocycles. The molecule has 2 bridgehead atoms. The minimum atomic E-state index is -0.445. The van der Waals surface area contributed by atoms with Crippen LogP contribution in [0.4, 0.5) is 4.39 Å². The number of ether oxygens (including phenoxy) is 2. The van der Waals surface area contributed by atoms with Gasteiger partial charge < -0.3 is 14.8 Å². The first kappa shape index (κ1) is 13.5. The fraction of sp³-hybridized carbons (Fsp3) is 0.533. The maximum Gasteiger partial charge on any atom is 0.166 e. The summed E-state index contributed by atoms with van der Waals surface area (Å²) in [6, 6.07) is 4.81. The third-order valence-electron chi connectivity index (χ3n) is 4.05. The Morgan fingerprint density at radius 1 is 1.35 bits per heavy atom. The number of methoxy groups -OCH3 is 1. The van der Waals surface area contributed by atoms with E-state index in [1.165, 1.54) is 25.3 Å². The van der Waals surface area contributed by atoms with Gasteiger partial charge in [0.05, 0.1) is 20.3 Å². The van der Waals surface area contributed by atoms with E-state index in [1.807, 2.05) is 0 Å². The van der Waals surface area contributed by atoms with E-state index in [-0.39, 0.29) is 29.5 Å². The molecule has 0 spiro atoms. The molecule has 2 unspecified atom stereocenters. The number of nitrogens with one attached hydrogen (secondary N) is 1. The Kier molecular flexibility index (Phi) is 3.72. The van der Waals surface area contributed by atoms with Crippen molar-refractivity contribution in [3.63, 3.8) is 0 Å². The number of Topliss-reactive ketones (excluding diaryl/α,β-unsaturated/α-hetero) is 1. The third-order valence-corrected chi connectivity index (χ3v) is 4.05. The summed E-state index contributed by atoms with van der Waals surface area (Å²) in [4.78, 5) is 12.6. The molecule has 2 fully saturated rings. The van der Waals surface area contributed by atoms with Gasteiger partial charge in [0.25, 0.3) is 0 Å². The van der Waals surface area contributed by atoms with Crippen molar-refractivity contribution in [2.45, 2.75) is 24.9 Å². The topological polar surface area (TPSA) is 47.6 Å². The van der Waals surface area contributed by atoms with E-state index in [0.717, 1.165) is 12.8 Å². The van der Waals surface area contributed by atoms with Crippen molar-refractivity contribution in [2.75, 3.05) is 20.3 Å². The lowest BCUT2D eigenvalue weighted by atomic mass is 9.82. The van der Waals surface area contributed by atoms with Crippen LogP contribution in [-0.2, 0) is 4.74 Å². The highest BCUT2D eigenvalue weighted by Gasteiger charge is 2.35. The summed E-state index contributed by atoms with van der Waals surface area (Å²) in [5, 5.41) is 3.46. The Morgan fingerprint density at radius 3 is 2.70 bits per heavy atom. The van der Waals surface area contributed by atoms with E-state index in [1.54, 1.807) is 0 Å². The lowest BCUT2D eigenvalue weighted by Crippen LogP contribution is -2.55. The molecule has 5 heteroatoms. The molecular formula is C15H18FNO3. The molecule has 4 nitrogen and oxygen atoms in total. The summed E-state index contributed by atoms with van der Waals surface area (Å²) in [5.74, 6) is -0.278. The van der Waals surface area contributed by atoms with Crippen molar-refractivity contribution < 1.29 is 18.7 Å². The number of piperidine rings is 1. The van der Waals surface area contributed by atoms with Crippen molar-refractivity contribution in [1.82, 2.24) is 5.32 Å². The first-order valence-electron chi connectivity index (χ1n) is 6.89. The number of hydrogen-bond acceptors (Lipinski definition) is 4. The Hall–Kier alpha value is -1.46. The van der Waals surface area contributed by atoms with Crippen LogP contribution in [-0.4, -0.2) is 38.2 Å². The van der Waals surface area contributed by atoms with Crippen molar-refractivity contribution in [2.24, 2.45) is 5.92 Å². The van der Waals surface area contributed by atoms with E-state index in [4.69, 9.17) is 9.47 Å². The average molecular weight is 279 g/mol. The fourth-order valence-corrected chi connectivity index (χ4v) is 3.10. The van der Waals surface area contributed by atoms with Crippen LogP contribution in [0.1, 0.15) is 23.2 Å². The van der Waals surface area contributed by atoms with Gasteiger partial charge in [0, 0.05) is 23.6 Å². The lowest BCUT2D eigenvalue weighted by molar-refractivity contribution is 0.00952. The number of carbonyl (C=O) groups is 1. The molecule has 1 aromatic rings. The molecule has 2 aliphatic rings. The summed E-state index contributed by atoms with van der Waals surface area (Å²) < 4.78 is 23.8. The van der Waals surface area contributed by atoms with E-state index >= 15 is 0 Å². The summed E-state index contributed by atoms with van der Waals surface area (Å²) in [5.41, 5.74) is 0.522. The molecule has 1 N–H and O–H groups in total. The molecule has 3 rings (SSSR count). The number of rotatable bonds is 3. The first-order valence-corrected chi connectivity index (χ1v) is 6.89. The van der Waals surface area contributed by atoms with Gasteiger partial charge >= 0.3 is 0 Å². The van der Waals surface area contributed by atoms with Gasteiger partial charge in [-0.3, -0.25) is 4.79 Å². The fourth-order valence-electron chi connectivity index (χ4n) is 3.10. The molecule has 0 radical (unpaired) electrons. The predicted octanol–water partition coefficient (Wildman–Crippen LogP) is 1.78. The van der Waals surface area contributed by atoms with Gasteiger partial charge in [-0.25, -0.2) is 4.39 Å². The van der Waals surface area contributed by atoms with Gasteiger partial charge in [0.2, 0.25) is 0 Å². The van der Waals surface area contributed by atoms with Gasteiger partial charge in [-0.1, -0.05) is 0 Å². The highest BCUT2D eigenvalue weighted by atomic mass is 19.1. The Balaban J connectivity index is 1.78. The zero-order valence-electron chi connectivity index (χ0n) is 11.4. The van der Waals surface area contributed by atoms with Crippen LogP contribution < -0.4 is 10.1 Å². The third kappa shape index (κ3) is 2.55. The second kappa shape index (κ2) is 5.50. The van der Waals surface area contributed by atoms with Crippen molar-refractivity contribution in [3.05, 3.63) is 29.6 Å². The summed E-state index contributed by atoms with van der Waals surface area (Å²) in [6.07, 6.45) is 1.55. The lowest BCUT2D eigenvalue weighted by Gasteiger charge is -2.39. The number of morpholine rings is 1. The van der Waals surface area contributed by atoms with Gasteiger partial charge in [-0.2, -0.15) is 0 Å². The van der Waals surface area contributed by atoms with Crippen LogP contribution >= 0.6 is 0 Å². The summed E-state index contributed by atoms with van der Waals surface area (Å²) >= 11 is 0. The van der Waals surface area contributed by atoms with Crippen LogP contribution in [0.5, 0.6) is 5.75 Å². The van der Waals surface area contributed by atoms with Crippen molar-refractivity contribution in [1.29, 1.82) is 0 Å². The molecule has 0 saturated carbocycles. The second-order valence-electron chi connectivity index (χ2n) is 5.48. The molecule has 0 amide bonds. The number of benzene rings is 1. The van der Waals surface area contributed by atoms with Gasteiger partial charge in [-0.05, 0) is 31.0 Å². The summed E-state index contributed by atoms with van der Waals surface area (Å²) in [6.45, 7) is 1.32. The van der Waals surface area contributed by atoms with Crippen molar-refractivity contribution >= 4 is 5.78 Å². The zero-order chi connectivity index (χ0) is 14.1. The minimum Gasteiger partial charge on any atom is -0.494 e. The normalized spacial score (nSPS) is 29.0. The Labute approximate surface area is 117 Å². The molecule has 0 aromatic heterocycles. The van der Waals surface area contributed by atoms with Gasteiger partial charge in [0.15, 0.2) is 17.3 Å². The van der Waals surface area contributed by atoms with E-state index in [0.29, 0.717) is 18.8 Å². The van der Waals surface area contributed by atoms with Crippen LogP contribution in [0.15, 0.2) is 18.2 Å². The van der Waals surface area contributed by atoms with Crippen LogP contribution in [0.3, 0.4) is 0 Å². The Bertz CT molecular complexity index is 508. The molecule has 0 aliphatic carbocycles.